The van der Waals surface area contributed by atoms with Crippen molar-refractivity contribution in [3.63, 3.8) is 0 Å². The molecule has 7 nitrogen and oxygen atoms in total. The van der Waals surface area contributed by atoms with Crippen LogP contribution in [-0.2, 0) is 10.1 Å². The monoisotopic (exact) mass is 418 g/mol. The SMILES string of the molecule is Nc1c(S(=O)(=O)O)cc(Nc2ccccc2)c2c1C(=O)c1ccccc1C2=O.[H-].[Na+]. The molecule has 4 rings (SSSR count). The maximum Gasteiger partial charge on any atom is 1.00 e. The number of ketones is 2. The molecule has 0 aromatic heterocycles. The molecule has 0 aliphatic heterocycles. The minimum Gasteiger partial charge on any atom is -1.00 e. The van der Waals surface area contributed by atoms with Gasteiger partial charge in [-0.2, -0.15) is 8.42 Å². The largest absolute Gasteiger partial charge is 1.00 e. The number of nitrogen functional groups attached to an aromatic ring is 1. The molecule has 0 bridgehead atoms. The van der Waals surface area contributed by atoms with Gasteiger partial charge in [0.25, 0.3) is 10.1 Å². The molecule has 0 saturated carbocycles. The fraction of sp³-hybridized carbons (Fsp3) is 0. The third kappa shape index (κ3) is 3.61. The van der Waals surface area contributed by atoms with Gasteiger partial charge < -0.3 is 12.5 Å². The molecular formula is C20H15N2NaO5S. The number of hydrogen-bond acceptors (Lipinski definition) is 6. The van der Waals surface area contributed by atoms with Crippen molar-refractivity contribution in [2.75, 3.05) is 11.1 Å². The van der Waals surface area contributed by atoms with Crippen molar-refractivity contribution in [3.05, 3.63) is 82.9 Å². The number of rotatable bonds is 3. The van der Waals surface area contributed by atoms with Gasteiger partial charge in [-0.1, -0.05) is 42.5 Å². The summed E-state index contributed by atoms with van der Waals surface area (Å²) in [7, 11) is -4.73. The van der Waals surface area contributed by atoms with Crippen molar-refractivity contribution >= 4 is 38.7 Å². The molecule has 29 heavy (non-hydrogen) atoms. The van der Waals surface area contributed by atoms with Crippen LogP contribution in [0.15, 0.2) is 65.6 Å². The molecule has 3 aromatic carbocycles. The first-order valence-electron chi connectivity index (χ1n) is 8.23. The Morgan fingerprint density at radius 1 is 0.862 bits per heavy atom. The van der Waals surface area contributed by atoms with E-state index in [1.165, 1.54) is 12.1 Å². The zero-order valence-electron chi connectivity index (χ0n) is 16.3. The summed E-state index contributed by atoms with van der Waals surface area (Å²) in [6, 6.07) is 16.0. The van der Waals surface area contributed by atoms with Crippen LogP contribution in [0.4, 0.5) is 17.1 Å². The van der Waals surface area contributed by atoms with Gasteiger partial charge in [-0.25, -0.2) is 0 Å². The van der Waals surface area contributed by atoms with Crippen LogP contribution in [0, 0.1) is 0 Å². The molecule has 3 aromatic rings. The smallest absolute Gasteiger partial charge is 1.00 e. The zero-order valence-corrected chi connectivity index (χ0v) is 18.2. The molecule has 0 saturated heterocycles. The quantitative estimate of drug-likeness (QED) is 0.246. The van der Waals surface area contributed by atoms with Crippen LogP contribution in [0.1, 0.15) is 33.3 Å². The molecule has 0 heterocycles. The Labute approximate surface area is 190 Å². The number of nitrogens with two attached hydrogens (primary N) is 1. The number of benzene rings is 3. The van der Waals surface area contributed by atoms with Gasteiger partial charge in [0.15, 0.2) is 11.6 Å². The van der Waals surface area contributed by atoms with E-state index in [4.69, 9.17) is 5.73 Å². The van der Waals surface area contributed by atoms with Crippen molar-refractivity contribution in [1.82, 2.24) is 0 Å². The van der Waals surface area contributed by atoms with Gasteiger partial charge in [0.05, 0.1) is 22.5 Å². The van der Waals surface area contributed by atoms with Crippen molar-refractivity contribution in [2.45, 2.75) is 4.90 Å². The topological polar surface area (TPSA) is 127 Å². The van der Waals surface area contributed by atoms with E-state index >= 15 is 0 Å². The third-order valence-electron chi connectivity index (χ3n) is 4.53. The summed E-state index contributed by atoms with van der Waals surface area (Å²) in [5.74, 6) is -1.04. The minimum atomic E-state index is -4.73. The molecule has 0 spiro atoms. The average Bonchev–Trinajstić information content (AvgIpc) is 2.67. The first-order chi connectivity index (χ1) is 13.3. The Hall–Kier alpha value is -2.49. The van der Waals surface area contributed by atoms with Crippen LogP contribution in [-0.4, -0.2) is 24.5 Å². The fourth-order valence-electron chi connectivity index (χ4n) is 3.28. The van der Waals surface area contributed by atoms with E-state index in [0.717, 1.165) is 6.07 Å². The van der Waals surface area contributed by atoms with E-state index in [0.29, 0.717) is 5.69 Å². The Morgan fingerprint density at radius 3 is 1.93 bits per heavy atom. The van der Waals surface area contributed by atoms with Crippen LogP contribution < -0.4 is 40.6 Å². The van der Waals surface area contributed by atoms with Gasteiger partial charge in [-0.05, 0) is 18.2 Å². The third-order valence-corrected chi connectivity index (χ3v) is 5.42. The van der Waals surface area contributed by atoms with Crippen LogP contribution in [0.25, 0.3) is 0 Å². The molecule has 0 fully saturated rings. The molecule has 0 atom stereocenters. The van der Waals surface area contributed by atoms with Crippen LogP contribution in [0.3, 0.4) is 0 Å². The zero-order chi connectivity index (χ0) is 20.1. The predicted molar refractivity (Wildman–Crippen MR) is 105 cm³/mol. The van der Waals surface area contributed by atoms with Crippen molar-refractivity contribution < 1.29 is 53.5 Å². The van der Waals surface area contributed by atoms with Crippen molar-refractivity contribution in [3.8, 4) is 0 Å². The first kappa shape index (κ1) is 21.2. The van der Waals surface area contributed by atoms with Gasteiger partial charge in [0.2, 0.25) is 0 Å². The summed E-state index contributed by atoms with van der Waals surface area (Å²) in [6.45, 7) is 0. The molecule has 0 unspecified atom stereocenters. The molecule has 142 valence electrons. The second kappa shape index (κ2) is 7.74. The number of anilines is 3. The van der Waals surface area contributed by atoms with Crippen LogP contribution in [0.2, 0.25) is 0 Å². The summed E-state index contributed by atoms with van der Waals surface area (Å²) >= 11 is 0. The Morgan fingerprint density at radius 2 is 1.38 bits per heavy atom. The van der Waals surface area contributed by atoms with Crippen molar-refractivity contribution in [1.29, 1.82) is 0 Å². The molecule has 0 radical (unpaired) electrons. The summed E-state index contributed by atoms with van der Waals surface area (Å²) in [6.07, 6.45) is 0. The van der Waals surface area contributed by atoms with Crippen LogP contribution in [0.5, 0.6) is 0 Å². The fourth-order valence-corrected chi connectivity index (χ4v) is 3.93. The van der Waals surface area contributed by atoms with Crippen molar-refractivity contribution in [2.24, 2.45) is 0 Å². The number of hydrogen-bond donors (Lipinski definition) is 3. The number of para-hydroxylation sites is 1. The van der Waals surface area contributed by atoms with Gasteiger partial charge >= 0.3 is 29.6 Å². The number of carbonyl (C=O) groups excluding carboxylic acids is 2. The van der Waals surface area contributed by atoms with E-state index in [-0.39, 0.29) is 58.9 Å². The van der Waals surface area contributed by atoms with E-state index in [9.17, 15) is 22.6 Å². The van der Waals surface area contributed by atoms with E-state index in [1.54, 1.807) is 42.5 Å². The Bertz CT molecular complexity index is 1260. The van der Waals surface area contributed by atoms with Crippen LogP contribution >= 0.6 is 0 Å². The van der Waals surface area contributed by atoms with E-state index < -0.39 is 32.3 Å². The molecule has 1 aliphatic carbocycles. The maximum absolute atomic E-state index is 13.1. The molecular weight excluding hydrogens is 403 g/mol. The second-order valence-electron chi connectivity index (χ2n) is 6.26. The van der Waals surface area contributed by atoms with E-state index in [2.05, 4.69) is 5.32 Å². The van der Waals surface area contributed by atoms with Gasteiger partial charge in [-0.3, -0.25) is 14.1 Å². The normalized spacial score (nSPS) is 12.6. The summed E-state index contributed by atoms with van der Waals surface area (Å²) in [5.41, 5.74) is 6.16. The second-order valence-corrected chi connectivity index (χ2v) is 7.65. The molecule has 1 aliphatic rings. The number of fused-ring (bicyclic) bond motifs is 2. The van der Waals surface area contributed by atoms with Gasteiger partial charge in [-0.15, -0.1) is 0 Å². The number of nitrogens with one attached hydrogen (secondary N) is 1. The predicted octanol–water partition coefficient (Wildman–Crippen LogP) is 0.151. The molecule has 0 amide bonds. The average molecular weight is 418 g/mol. The molecule has 9 heteroatoms. The Kier molecular flexibility index (Phi) is 5.66. The summed E-state index contributed by atoms with van der Waals surface area (Å²) in [4.78, 5) is 25.5. The summed E-state index contributed by atoms with van der Waals surface area (Å²) in [5, 5.41) is 2.95. The maximum atomic E-state index is 13.1. The van der Waals surface area contributed by atoms with E-state index in [1.807, 2.05) is 0 Å². The number of carbonyl (C=O) groups is 2. The standard InChI is InChI=1S/C20H14N2O5S.Na.H/c21-18-15(28(25,26)27)10-14(22-11-6-2-1-3-7-11)16-17(18)20(24)13-9-5-4-8-12(13)19(16)23;;/h1-10,22H,21H2,(H,25,26,27);;/q;+1;-1. The van der Waals surface area contributed by atoms with Gasteiger partial charge in [0, 0.05) is 16.8 Å². The minimum absolute atomic E-state index is 0. The Balaban J connectivity index is 0.00000160. The van der Waals surface area contributed by atoms with Gasteiger partial charge in [0.1, 0.15) is 4.90 Å². The first-order valence-corrected chi connectivity index (χ1v) is 9.67. The molecule has 4 N–H and O–H groups in total. The summed E-state index contributed by atoms with van der Waals surface area (Å²) < 4.78 is 33.2.